The normalized spacial score (nSPS) is 18.2. The number of rotatable bonds is 7. The number of hydrogen-bond acceptors (Lipinski definition) is 9. The monoisotopic (exact) mass is 464 g/mol. The van der Waals surface area contributed by atoms with Crippen LogP contribution in [-0.4, -0.2) is 56.1 Å². The van der Waals surface area contributed by atoms with Gasteiger partial charge in [0.25, 0.3) is 15.8 Å². The predicted octanol–water partition coefficient (Wildman–Crippen LogP) is 2.25. The molecule has 3 rings (SSSR count). The van der Waals surface area contributed by atoms with Crippen molar-refractivity contribution in [3.63, 3.8) is 0 Å². The molecule has 0 unspecified atom stereocenters. The molecule has 0 aromatic heterocycles. The molecule has 1 aliphatic rings. The quantitative estimate of drug-likeness (QED) is 0.261. The Bertz CT molecular complexity index is 1110. The van der Waals surface area contributed by atoms with Gasteiger partial charge in [-0.15, -0.1) is 0 Å². The lowest BCUT2D eigenvalue weighted by molar-refractivity contribution is -0.385. The summed E-state index contributed by atoms with van der Waals surface area (Å²) in [4.78, 5) is 35.7. The molecule has 170 valence electrons. The molecule has 1 aliphatic heterocycles. The van der Waals surface area contributed by atoms with Gasteiger partial charge in [-0.25, -0.2) is 9.59 Å². The summed E-state index contributed by atoms with van der Waals surface area (Å²) in [5, 5.41) is 10.9. The maximum absolute atomic E-state index is 12.7. The molecule has 0 radical (unpaired) electrons. The number of nitro groups is 1. The Labute approximate surface area is 183 Å². The van der Waals surface area contributed by atoms with Crippen molar-refractivity contribution >= 4 is 27.9 Å². The Hall–Kier alpha value is -3.51. The number of nitrogens with zero attached hydrogens (tertiary/aromatic N) is 2. The molecule has 2 aromatic carbocycles. The van der Waals surface area contributed by atoms with E-state index in [-0.39, 0.29) is 19.6 Å². The number of esters is 1. The van der Waals surface area contributed by atoms with E-state index in [1.54, 1.807) is 24.3 Å². The average Bonchev–Trinajstić information content (AvgIpc) is 3.20. The van der Waals surface area contributed by atoms with Crippen LogP contribution in [0.4, 0.5) is 10.5 Å². The zero-order valence-electron chi connectivity index (χ0n) is 16.9. The van der Waals surface area contributed by atoms with Crippen molar-refractivity contribution in [2.75, 3.05) is 13.7 Å². The number of carbonyl (C=O) groups is 2. The van der Waals surface area contributed by atoms with Gasteiger partial charge < -0.3 is 9.47 Å². The molecule has 2 atom stereocenters. The number of methoxy groups -OCH3 is 1. The SMILES string of the molecule is COC(=O)[C@@H]1[C@@H](OS(=O)(=O)c2cccc([N+](=O)[O-])c2)CCN1C(=O)OCc1ccccc1. The molecule has 32 heavy (non-hydrogen) atoms. The van der Waals surface area contributed by atoms with E-state index in [0.717, 1.165) is 35.8 Å². The molecule has 0 bridgehead atoms. The molecule has 1 fully saturated rings. The number of ether oxygens (including phenoxy) is 2. The van der Waals surface area contributed by atoms with Gasteiger partial charge in [0, 0.05) is 18.7 Å². The highest BCUT2D eigenvalue weighted by molar-refractivity contribution is 7.86. The number of nitro benzene ring substituents is 1. The van der Waals surface area contributed by atoms with Crippen LogP contribution in [0.25, 0.3) is 0 Å². The maximum atomic E-state index is 12.7. The molecule has 11 nitrogen and oxygen atoms in total. The Morgan fingerprint density at radius 3 is 2.53 bits per heavy atom. The molecule has 0 N–H and O–H groups in total. The second kappa shape index (κ2) is 9.75. The van der Waals surface area contributed by atoms with Crippen LogP contribution in [0.1, 0.15) is 12.0 Å². The third-order valence-electron chi connectivity index (χ3n) is 4.79. The minimum atomic E-state index is -4.47. The second-order valence-corrected chi connectivity index (χ2v) is 8.41. The first kappa shape index (κ1) is 23.2. The fourth-order valence-corrected chi connectivity index (χ4v) is 4.39. The summed E-state index contributed by atoms with van der Waals surface area (Å²) in [5.41, 5.74) is 0.299. The minimum Gasteiger partial charge on any atom is -0.467 e. The average molecular weight is 464 g/mol. The van der Waals surface area contributed by atoms with Crippen LogP contribution in [0.3, 0.4) is 0 Å². The van der Waals surface area contributed by atoms with Crippen molar-refractivity contribution < 1.29 is 36.6 Å². The summed E-state index contributed by atoms with van der Waals surface area (Å²) < 4.78 is 40.5. The fraction of sp³-hybridized carbons (Fsp3) is 0.300. The topological polar surface area (TPSA) is 142 Å². The van der Waals surface area contributed by atoms with Gasteiger partial charge in [0.2, 0.25) is 0 Å². The largest absolute Gasteiger partial charge is 0.467 e. The van der Waals surface area contributed by atoms with Gasteiger partial charge in [-0.2, -0.15) is 8.42 Å². The maximum Gasteiger partial charge on any atom is 0.410 e. The zero-order valence-corrected chi connectivity index (χ0v) is 17.8. The van der Waals surface area contributed by atoms with Crippen molar-refractivity contribution in [2.45, 2.75) is 30.1 Å². The molecule has 0 aliphatic carbocycles. The van der Waals surface area contributed by atoms with Crippen LogP contribution >= 0.6 is 0 Å². The van der Waals surface area contributed by atoms with E-state index in [9.17, 15) is 28.1 Å². The standard InChI is InChI=1S/C20H20N2O9S/c1-29-19(23)18-17(31-32(27,28)16-9-5-8-15(12-16)22(25)26)10-11-21(18)20(24)30-13-14-6-3-2-4-7-14/h2-9,12,17-18H,10-11,13H2,1H3/t17-,18-/m0/s1. The van der Waals surface area contributed by atoms with E-state index in [2.05, 4.69) is 0 Å². The Morgan fingerprint density at radius 2 is 1.88 bits per heavy atom. The second-order valence-electron chi connectivity index (χ2n) is 6.83. The van der Waals surface area contributed by atoms with Gasteiger partial charge in [0.1, 0.15) is 17.6 Å². The first-order valence-electron chi connectivity index (χ1n) is 9.46. The number of likely N-dealkylation sites (tertiary alicyclic amines) is 1. The summed E-state index contributed by atoms with van der Waals surface area (Å²) in [6, 6.07) is 11.8. The van der Waals surface area contributed by atoms with Crippen molar-refractivity contribution in [3.8, 4) is 0 Å². The first-order chi connectivity index (χ1) is 15.2. The number of amides is 1. The summed E-state index contributed by atoms with van der Waals surface area (Å²) in [7, 11) is -3.37. The highest BCUT2D eigenvalue weighted by Crippen LogP contribution is 2.28. The van der Waals surface area contributed by atoms with Crippen molar-refractivity contribution in [1.82, 2.24) is 4.90 Å². The highest BCUT2D eigenvalue weighted by Gasteiger charge is 2.46. The van der Waals surface area contributed by atoms with E-state index >= 15 is 0 Å². The molecule has 1 heterocycles. The molecular formula is C20H20N2O9S. The van der Waals surface area contributed by atoms with Gasteiger partial charge in [-0.1, -0.05) is 36.4 Å². The van der Waals surface area contributed by atoms with E-state index < -0.39 is 49.8 Å². The van der Waals surface area contributed by atoms with Gasteiger partial charge in [-0.05, 0) is 18.1 Å². The molecule has 0 saturated carbocycles. The minimum absolute atomic E-state index is 0.00829. The molecule has 2 aromatic rings. The van der Waals surface area contributed by atoms with Crippen LogP contribution in [0.15, 0.2) is 59.5 Å². The van der Waals surface area contributed by atoms with E-state index in [4.69, 9.17) is 13.7 Å². The summed E-state index contributed by atoms with van der Waals surface area (Å²) in [6.07, 6.45) is -2.08. The van der Waals surface area contributed by atoms with Crippen LogP contribution in [0.2, 0.25) is 0 Å². The lowest BCUT2D eigenvalue weighted by Crippen LogP contribution is -2.47. The van der Waals surface area contributed by atoms with E-state index in [1.807, 2.05) is 6.07 Å². The molecule has 0 spiro atoms. The van der Waals surface area contributed by atoms with Crippen molar-refractivity contribution in [3.05, 3.63) is 70.3 Å². The predicted molar refractivity (Wildman–Crippen MR) is 109 cm³/mol. The fourth-order valence-electron chi connectivity index (χ4n) is 3.24. The van der Waals surface area contributed by atoms with Crippen LogP contribution in [0.5, 0.6) is 0 Å². The third-order valence-corrected chi connectivity index (χ3v) is 6.12. The molecular weight excluding hydrogens is 444 g/mol. The van der Waals surface area contributed by atoms with Gasteiger partial charge in [0.15, 0.2) is 6.04 Å². The van der Waals surface area contributed by atoms with Crippen LogP contribution < -0.4 is 0 Å². The smallest absolute Gasteiger partial charge is 0.410 e. The number of non-ortho nitro benzene ring substituents is 1. The summed E-state index contributed by atoms with van der Waals surface area (Å²) in [5.74, 6) is -0.876. The Kier molecular flexibility index (Phi) is 7.05. The van der Waals surface area contributed by atoms with Gasteiger partial charge >= 0.3 is 12.1 Å². The van der Waals surface area contributed by atoms with Gasteiger partial charge in [-0.3, -0.25) is 19.2 Å². The molecule has 1 saturated heterocycles. The Morgan fingerprint density at radius 1 is 1.16 bits per heavy atom. The summed E-state index contributed by atoms with van der Waals surface area (Å²) in [6.45, 7) is -0.0515. The van der Waals surface area contributed by atoms with E-state index in [1.165, 1.54) is 6.07 Å². The third kappa shape index (κ3) is 5.21. The highest BCUT2D eigenvalue weighted by atomic mass is 32.2. The van der Waals surface area contributed by atoms with Crippen molar-refractivity contribution in [1.29, 1.82) is 0 Å². The molecule has 1 amide bonds. The Balaban J connectivity index is 1.76. The number of hydrogen-bond donors (Lipinski definition) is 0. The number of benzene rings is 2. The van der Waals surface area contributed by atoms with E-state index in [0.29, 0.717) is 0 Å². The lowest BCUT2D eigenvalue weighted by Gasteiger charge is -2.25. The number of carbonyl (C=O) groups excluding carboxylic acids is 2. The van der Waals surface area contributed by atoms with Crippen molar-refractivity contribution in [2.24, 2.45) is 0 Å². The van der Waals surface area contributed by atoms with Crippen LogP contribution in [-0.2, 0) is 35.2 Å². The molecule has 12 heteroatoms. The first-order valence-corrected chi connectivity index (χ1v) is 10.9. The lowest BCUT2D eigenvalue weighted by atomic mass is 10.2. The summed E-state index contributed by atoms with van der Waals surface area (Å²) >= 11 is 0. The zero-order chi connectivity index (χ0) is 23.3. The van der Waals surface area contributed by atoms with Gasteiger partial charge in [0.05, 0.1) is 12.0 Å². The van der Waals surface area contributed by atoms with Crippen LogP contribution in [0, 0.1) is 10.1 Å².